The Morgan fingerprint density at radius 1 is 1.05 bits per heavy atom. The second-order valence-electron chi connectivity index (χ2n) is 4.73. The van der Waals surface area contributed by atoms with E-state index in [1.165, 1.54) is 11.1 Å². The maximum Gasteiger partial charge on any atom is 0.314 e. The van der Waals surface area contributed by atoms with Gasteiger partial charge in [0.25, 0.3) is 0 Å². The summed E-state index contributed by atoms with van der Waals surface area (Å²) in [7, 11) is 0. The molecule has 2 N–H and O–H groups in total. The zero-order chi connectivity index (χ0) is 14.3. The second-order valence-corrected chi connectivity index (χ2v) is 4.73. The quantitative estimate of drug-likeness (QED) is 0.776. The highest BCUT2D eigenvalue weighted by Crippen LogP contribution is 2.22. The summed E-state index contributed by atoms with van der Waals surface area (Å²) in [6.45, 7) is 9.88. The Morgan fingerprint density at radius 3 is 2.37 bits per heavy atom. The summed E-state index contributed by atoms with van der Waals surface area (Å²) in [6.07, 6.45) is 0.936. The van der Waals surface area contributed by atoms with Gasteiger partial charge in [0.15, 0.2) is 0 Å². The molecule has 2 amide bonds. The van der Waals surface area contributed by atoms with Gasteiger partial charge in [-0.25, -0.2) is 4.79 Å². The van der Waals surface area contributed by atoms with Gasteiger partial charge in [0, 0.05) is 6.54 Å². The van der Waals surface area contributed by atoms with E-state index in [0.29, 0.717) is 19.7 Å². The number of carbonyl (C=O) groups is 1. The third kappa shape index (κ3) is 5.20. The van der Waals surface area contributed by atoms with Crippen LogP contribution in [0.3, 0.4) is 0 Å². The number of carbonyl (C=O) groups excluding carboxylic acids is 1. The topological polar surface area (TPSA) is 50.4 Å². The van der Waals surface area contributed by atoms with Crippen molar-refractivity contribution in [2.45, 2.75) is 34.1 Å². The van der Waals surface area contributed by atoms with Crippen molar-refractivity contribution in [2.24, 2.45) is 0 Å². The number of aryl methyl sites for hydroxylation is 3. The molecular weight excluding hydrogens is 240 g/mol. The Kier molecular flexibility index (Phi) is 6.19. The van der Waals surface area contributed by atoms with Gasteiger partial charge in [-0.2, -0.15) is 0 Å². The Labute approximate surface area is 115 Å². The van der Waals surface area contributed by atoms with Crippen molar-refractivity contribution in [3.8, 4) is 5.75 Å². The number of nitrogens with one attached hydrogen (secondary N) is 2. The van der Waals surface area contributed by atoms with Gasteiger partial charge in [0.05, 0.1) is 6.54 Å². The highest BCUT2D eigenvalue weighted by atomic mass is 16.5. The molecule has 0 aliphatic heterocycles. The number of benzene rings is 1. The number of hydrogen-bond donors (Lipinski definition) is 2. The molecule has 0 spiro atoms. The van der Waals surface area contributed by atoms with E-state index < -0.39 is 0 Å². The average molecular weight is 264 g/mol. The van der Waals surface area contributed by atoms with E-state index in [9.17, 15) is 4.79 Å². The van der Waals surface area contributed by atoms with Gasteiger partial charge in [0.1, 0.15) is 12.4 Å². The summed E-state index contributed by atoms with van der Waals surface area (Å²) >= 11 is 0. The van der Waals surface area contributed by atoms with Crippen LogP contribution in [0.4, 0.5) is 4.79 Å². The monoisotopic (exact) mass is 264 g/mol. The van der Waals surface area contributed by atoms with E-state index >= 15 is 0 Å². The van der Waals surface area contributed by atoms with Crippen molar-refractivity contribution < 1.29 is 9.53 Å². The molecule has 106 valence electrons. The molecule has 1 aromatic rings. The van der Waals surface area contributed by atoms with Crippen molar-refractivity contribution in [2.75, 3.05) is 19.7 Å². The summed E-state index contributed by atoms with van der Waals surface area (Å²) in [5.41, 5.74) is 3.61. The van der Waals surface area contributed by atoms with Crippen LogP contribution < -0.4 is 15.4 Å². The van der Waals surface area contributed by atoms with Crippen LogP contribution in [0, 0.1) is 20.8 Å². The first-order valence-corrected chi connectivity index (χ1v) is 6.77. The molecule has 0 aliphatic carbocycles. The van der Waals surface area contributed by atoms with Crippen molar-refractivity contribution in [1.29, 1.82) is 0 Å². The van der Waals surface area contributed by atoms with Crippen LogP contribution in [0.5, 0.6) is 5.75 Å². The highest BCUT2D eigenvalue weighted by molar-refractivity contribution is 5.73. The van der Waals surface area contributed by atoms with Gasteiger partial charge >= 0.3 is 6.03 Å². The zero-order valence-corrected chi connectivity index (χ0v) is 12.3. The Bertz CT molecular complexity index is 430. The van der Waals surface area contributed by atoms with Gasteiger partial charge < -0.3 is 15.4 Å². The number of urea groups is 1. The number of ether oxygens (including phenoxy) is 1. The minimum atomic E-state index is -0.137. The number of amides is 2. The van der Waals surface area contributed by atoms with Crippen molar-refractivity contribution >= 4 is 6.03 Å². The van der Waals surface area contributed by atoms with Crippen LogP contribution in [0.1, 0.15) is 30.0 Å². The lowest BCUT2D eigenvalue weighted by Crippen LogP contribution is -2.38. The van der Waals surface area contributed by atoms with Crippen LogP contribution in [0.15, 0.2) is 12.1 Å². The molecule has 1 rings (SSSR count). The number of hydrogen-bond acceptors (Lipinski definition) is 2. The van der Waals surface area contributed by atoms with E-state index in [-0.39, 0.29) is 6.03 Å². The molecule has 0 heterocycles. The lowest BCUT2D eigenvalue weighted by atomic mass is 10.1. The molecule has 0 saturated carbocycles. The number of rotatable bonds is 6. The Balaban J connectivity index is 2.33. The molecule has 19 heavy (non-hydrogen) atoms. The average Bonchev–Trinajstić information content (AvgIpc) is 2.37. The second kappa shape index (κ2) is 7.67. The third-order valence-electron chi connectivity index (χ3n) is 2.97. The summed E-state index contributed by atoms with van der Waals surface area (Å²) in [5, 5.41) is 5.51. The molecule has 0 aromatic heterocycles. The fraction of sp³-hybridized carbons (Fsp3) is 0.533. The maximum absolute atomic E-state index is 11.3. The van der Waals surface area contributed by atoms with E-state index in [1.54, 1.807) is 0 Å². The standard InChI is InChI=1S/C15H24N2O2/c1-5-6-16-15(18)17-7-8-19-14-10-12(3)11(2)9-13(14)4/h9-10H,5-8H2,1-4H3,(H2,16,17,18). The minimum absolute atomic E-state index is 0.137. The predicted octanol–water partition coefficient (Wildman–Crippen LogP) is 2.70. The normalized spacial score (nSPS) is 10.1. The van der Waals surface area contributed by atoms with E-state index in [1.807, 2.05) is 19.9 Å². The van der Waals surface area contributed by atoms with Crippen LogP contribution in [-0.2, 0) is 0 Å². The molecule has 0 saturated heterocycles. The Hall–Kier alpha value is -1.71. The minimum Gasteiger partial charge on any atom is -0.491 e. The molecule has 0 bridgehead atoms. The van der Waals surface area contributed by atoms with Gasteiger partial charge in [-0.3, -0.25) is 0 Å². The fourth-order valence-corrected chi connectivity index (χ4v) is 1.72. The first kappa shape index (κ1) is 15.3. The molecule has 1 aromatic carbocycles. The molecule has 4 heteroatoms. The van der Waals surface area contributed by atoms with Crippen LogP contribution >= 0.6 is 0 Å². The molecule has 0 radical (unpaired) electrons. The molecule has 0 aliphatic rings. The molecule has 0 unspecified atom stereocenters. The summed E-state index contributed by atoms with van der Waals surface area (Å²) in [5.74, 6) is 0.888. The van der Waals surface area contributed by atoms with Crippen molar-refractivity contribution in [3.63, 3.8) is 0 Å². The third-order valence-corrected chi connectivity index (χ3v) is 2.97. The van der Waals surface area contributed by atoms with Gasteiger partial charge in [-0.1, -0.05) is 13.0 Å². The zero-order valence-electron chi connectivity index (χ0n) is 12.3. The first-order valence-electron chi connectivity index (χ1n) is 6.77. The smallest absolute Gasteiger partial charge is 0.314 e. The largest absolute Gasteiger partial charge is 0.491 e. The molecular formula is C15H24N2O2. The van der Waals surface area contributed by atoms with Gasteiger partial charge in [-0.15, -0.1) is 0 Å². The van der Waals surface area contributed by atoms with E-state index in [0.717, 1.165) is 17.7 Å². The van der Waals surface area contributed by atoms with E-state index in [2.05, 4.69) is 30.5 Å². The maximum atomic E-state index is 11.3. The van der Waals surface area contributed by atoms with Crippen molar-refractivity contribution in [3.05, 3.63) is 28.8 Å². The predicted molar refractivity (Wildman–Crippen MR) is 77.8 cm³/mol. The van der Waals surface area contributed by atoms with E-state index in [4.69, 9.17) is 4.74 Å². The first-order chi connectivity index (χ1) is 9.04. The molecule has 0 fully saturated rings. The summed E-state index contributed by atoms with van der Waals surface area (Å²) in [4.78, 5) is 11.3. The lowest BCUT2D eigenvalue weighted by Gasteiger charge is -2.12. The summed E-state index contributed by atoms with van der Waals surface area (Å²) < 4.78 is 5.68. The van der Waals surface area contributed by atoms with Crippen LogP contribution in [-0.4, -0.2) is 25.7 Å². The van der Waals surface area contributed by atoms with Crippen LogP contribution in [0.25, 0.3) is 0 Å². The highest BCUT2D eigenvalue weighted by Gasteiger charge is 2.03. The van der Waals surface area contributed by atoms with Crippen molar-refractivity contribution in [1.82, 2.24) is 10.6 Å². The van der Waals surface area contributed by atoms with Gasteiger partial charge in [-0.05, 0) is 49.9 Å². The van der Waals surface area contributed by atoms with Crippen LogP contribution in [0.2, 0.25) is 0 Å². The summed E-state index contributed by atoms with van der Waals surface area (Å²) in [6, 6.07) is 4.02. The van der Waals surface area contributed by atoms with Gasteiger partial charge in [0.2, 0.25) is 0 Å². The fourth-order valence-electron chi connectivity index (χ4n) is 1.72. The lowest BCUT2D eigenvalue weighted by molar-refractivity contribution is 0.236. The Morgan fingerprint density at radius 2 is 1.68 bits per heavy atom. The molecule has 4 nitrogen and oxygen atoms in total. The molecule has 0 atom stereocenters. The SMILES string of the molecule is CCCNC(=O)NCCOc1cc(C)c(C)cc1C.